The fourth-order valence-corrected chi connectivity index (χ4v) is 1.38. The largest absolute Gasteiger partial charge is 2.00 e. The summed E-state index contributed by atoms with van der Waals surface area (Å²) in [4.78, 5) is 0. The second-order valence-electron chi connectivity index (χ2n) is 4.18. The molecule has 0 heterocycles. The average Bonchev–Trinajstić information content (AvgIpc) is 2.94. The van der Waals surface area contributed by atoms with Gasteiger partial charge in [-0.2, -0.15) is 18.2 Å². The van der Waals surface area contributed by atoms with Crippen LogP contribution in [0.25, 0.3) is 10.8 Å². The van der Waals surface area contributed by atoms with Gasteiger partial charge in [-0.15, -0.1) is 47.2 Å². The third-order valence-corrected chi connectivity index (χ3v) is 2.13. The molecule has 0 fully saturated rings. The molecule has 0 aliphatic rings. The average molecular weight is 393 g/mol. The van der Waals surface area contributed by atoms with Crippen molar-refractivity contribution >= 4 is 18.6 Å². The van der Waals surface area contributed by atoms with Gasteiger partial charge in [-0.3, -0.25) is 0 Å². The van der Waals surface area contributed by atoms with Crippen molar-refractivity contribution in [2.45, 2.75) is 0 Å². The number of rotatable bonds is 0. The Kier molecular flexibility index (Phi) is 6.97. The molecule has 0 N–H and O–H groups in total. The Hall–Kier alpha value is -1.42. The Morgan fingerprint density at radius 3 is 1.65 bits per heavy atom. The number of halogens is 6. The second kappa shape index (κ2) is 7.43. The molecule has 3 aromatic carbocycles. The number of benzene rings is 2. The van der Waals surface area contributed by atoms with Gasteiger partial charge in [0, 0.05) is 0 Å². The Morgan fingerprint density at radius 1 is 0.739 bits per heavy atom. The van der Waals surface area contributed by atoms with E-state index < -0.39 is 7.81 Å². The van der Waals surface area contributed by atoms with Crippen molar-refractivity contribution in [3.05, 3.63) is 78.9 Å². The van der Waals surface area contributed by atoms with E-state index in [9.17, 15) is 25.2 Å². The van der Waals surface area contributed by atoms with Crippen LogP contribution in [0.15, 0.2) is 72.8 Å². The summed E-state index contributed by atoms with van der Waals surface area (Å²) in [6.07, 6.45) is 0. The molecule has 0 nitrogen and oxygen atoms in total. The smallest absolute Gasteiger partial charge is 0.214 e. The van der Waals surface area contributed by atoms with Crippen LogP contribution in [0.4, 0.5) is 25.2 Å². The maximum Gasteiger partial charge on any atom is 2.00 e. The predicted octanol–water partition coefficient (Wildman–Crippen LogP) is 7.43. The van der Waals surface area contributed by atoms with Crippen molar-refractivity contribution in [2.24, 2.45) is 0 Å². The molecular formula is C15H12F6FeP-. The molecule has 0 aliphatic heterocycles. The van der Waals surface area contributed by atoms with Gasteiger partial charge in [-0.1, -0.05) is 12.1 Å². The van der Waals surface area contributed by atoms with E-state index in [0.717, 1.165) is 0 Å². The fraction of sp³-hybridized carbons (Fsp3) is 0. The van der Waals surface area contributed by atoms with E-state index in [4.69, 9.17) is 0 Å². The molecule has 0 amide bonds. The van der Waals surface area contributed by atoms with Gasteiger partial charge in [0.25, 0.3) is 0 Å². The molecule has 0 aromatic heterocycles. The summed E-state index contributed by atoms with van der Waals surface area (Å²) in [6.45, 7) is 0. The van der Waals surface area contributed by atoms with Gasteiger partial charge in [-0.25, -0.2) is 12.1 Å². The molecule has 0 radical (unpaired) electrons. The van der Waals surface area contributed by atoms with Gasteiger partial charge < -0.3 is 0 Å². The summed E-state index contributed by atoms with van der Waals surface area (Å²) in [5, 5.41) is 2.44. The van der Waals surface area contributed by atoms with Crippen LogP contribution < -0.4 is 0 Å². The van der Waals surface area contributed by atoms with Crippen LogP contribution in [-0.2, 0) is 17.1 Å². The number of hydrogen-bond donors (Lipinski definition) is 0. The Labute approximate surface area is 140 Å². The van der Waals surface area contributed by atoms with Gasteiger partial charge in [0.05, 0.1) is 0 Å². The van der Waals surface area contributed by atoms with Gasteiger partial charge in [0.2, 0.25) is 0 Å². The topological polar surface area (TPSA) is 0 Å². The van der Waals surface area contributed by atoms with E-state index in [0.29, 0.717) is 0 Å². The standard InChI is InChI=1S/C10H7.C5H5.F6P.Fe/c1-2-6-10-8-4-3-7-9(10)5-1;1-2-4-5-3-1;1-7(2,3,4,5)6;/h1-7H;1-5H;;/q3*-1;+2. The van der Waals surface area contributed by atoms with Crippen LogP contribution in [0.2, 0.25) is 0 Å². The van der Waals surface area contributed by atoms with E-state index in [1.54, 1.807) is 0 Å². The first-order valence-corrected chi connectivity index (χ1v) is 8.03. The van der Waals surface area contributed by atoms with Crippen molar-refractivity contribution in [2.75, 3.05) is 0 Å². The molecule has 23 heavy (non-hydrogen) atoms. The second-order valence-corrected chi connectivity index (χ2v) is 6.09. The van der Waals surface area contributed by atoms with Crippen molar-refractivity contribution < 1.29 is 42.3 Å². The minimum Gasteiger partial charge on any atom is -0.214 e. The third kappa shape index (κ3) is 15.3. The van der Waals surface area contributed by atoms with Crippen molar-refractivity contribution in [1.82, 2.24) is 0 Å². The Morgan fingerprint density at radius 2 is 1.22 bits per heavy atom. The van der Waals surface area contributed by atoms with Crippen molar-refractivity contribution in [1.29, 1.82) is 0 Å². The minimum absolute atomic E-state index is 0. The van der Waals surface area contributed by atoms with Crippen LogP contribution in [0.5, 0.6) is 0 Å². The van der Waals surface area contributed by atoms with Crippen LogP contribution in [0, 0.1) is 6.07 Å². The zero-order valence-electron chi connectivity index (χ0n) is 11.5. The first-order valence-electron chi connectivity index (χ1n) is 6.00. The predicted molar refractivity (Wildman–Crippen MR) is 78.4 cm³/mol. The van der Waals surface area contributed by atoms with E-state index in [2.05, 4.69) is 24.3 Å². The zero-order chi connectivity index (χ0) is 16.8. The molecule has 0 bridgehead atoms. The van der Waals surface area contributed by atoms with E-state index in [1.807, 2.05) is 54.6 Å². The van der Waals surface area contributed by atoms with Gasteiger partial charge in [-0.05, 0) is 0 Å². The first-order chi connectivity index (χ1) is 9.92. The summed E-state index contributed by atoms with van der Waals surface area (Å²) in [7, 11) is -10.7. The van der Waals surface area contributed by atoms with Crippen LogP contribution >= 0.6 is 7.81 Å². The molecule has 8 heteroatoms. The molecule has 3 rings (SSSR count). The minimum atomic E-state index is -10.7. The molecule has 0 saturated heterocycles. The van der Waals surface area contributed by atoms with Crippen LogP contribution in [0.1, 0.15) is 0 Å². The summed E-state index contributed by atoms with van der Waals surface area (Å²) < 4.78 is 59.2. The zero-order valence-corrected chi connectivity index (χ0v) is 13.5. The molecule has 3 aromatic rings. The molecular weight excluding hydrogens is 381 g/mol. The van der Waals surface area contributed by atoms with Gasteiger partial charge in [0.1, 0.15) is 0 Å². The van der Waals surface area contributed by atoms with Crippen LogP contribution in [-0.4, -0.2) is 0 Å². The summed E-state index contributed by atoms with van der Waals surface area (Å²) >= 11 is 0. The summed E-state index contributed by atoms with van der Waals surface area (Å²) in [6, 6.07) is 27.4. The Bertz CT molecular complexity index is 598. The third-order valence-electron chi connectivity index (χ3n) is 2.13. The monoisotopic (exact) mass is 393 g/mol. The van der Waals surface area contributed by atoms with E-state index in [1.165, 1.54) is 10.8 Å². The maximum atomic E-state index is 9.87. The summed E-state index contributed by atoms with van der Waals surface area (Å²) in [5.74, 6) is 0. The van der Waals surface area contributed by atoms with Crippen molar-refractivity contribution in [3.63, 3.8) is 0 Å². The number of fused-ring (bicyclic) bond motifs is 1. The van der Waals surface area contributed by atoms with Crippen LogP contribution in [0.3, 0.4) is 0 Å². The number of hydrogen-bond acceptors (Lipinski definition) is 0. The molecule has 0 unspecified atom stereocenters. The quantitative estimate of drug-likeness (QED) is 0.161. The first kappa shape index (κ1) is 21.6. The Balaban J connectivity index is 0.000000330. The fourth-order valence-electron chi connectivity index (χ4n) is 1.38. The summed E-state index contributed by atoms with van der Waals surface area (Å²) in [5.41, 5.74) is 0. The SMILES string of the molecule is F[P-](F)(F)(F)(F)F.[Fe+2].[c-]1cccc2ccccc12.c1cc[cH-]c1. The molecule has 0 saturated carbocycles. The van der Waals surface area contributed by atoms with Crippen molar-refractivity contribution in [3.8, 4) is 0 Å². The van der Waals surface area contributed by atoms with Gasteiger partial charge >= 0.3 is 50.1 Å². The van der Waals surface area contributed by atoms with E-state index in [-0.39, 0.29) is 17.1 Å². The normalized spacial score (nSPS) is 13.1. The molecule has 0 spiro atoms. The van der Waals surface area contributed by atoms with E-state index >= 15 is 0 Å². The van der Waals surface area contributed by atoms with Gasteiger partial charge in [0.15, 0.2) is 0 Å². The molecule has 0 atom stereocenters. The molecule has 0 aliphatic carbocycles. The molecule has 128 valence electrons. The maximum absolute atomic E-state index is 10.7.